The fourth-order valence-electron chi connectivity index (χ4n) is 3.36. The second kappa shape index (κ2) is 7.66. The summed E-state index contributed by atoms with van der Waals surface area (Å²) in [5.74, 6) is 0.493. The number of aromatic amines is 1. The molecule has 6 heteroatoms. The summed E-state index contributed by atoms with van der Waals surface area (Å²) in [5.41, 5.74) is 0.916. The van der Waals surface area contributed by atoms with E-state index in [1.807, 2.05) is 12.1 Å². The summed E-state index contributed by atoms with van der Waals surface area (Å²) in [5, 5.41) is 2.93. The number of nitrogens with one attached hydrogen (secondary N) is 2. The van der Waals surface area contributed by atoms with E-state index in [0.717, 1.165) is 25.9 Å². The minimum atomic E-state index is -0.386. The predicted octanol–water partition coefficient (Wildman–Crippen LogP) is 2.40. The van der Waals surface area contributed by atoms with E-state index in [-0.39, 0.29) is 11.7 Å². The van der Waals surface area contributed by atoms with Crippen molar-refractivity contribution >= 4 is 17.1 Å². The molecule has 1 aliphatic rings. The summed E-state index contributed by atoms with van der Waals surface area (Å²) in [4.78, 5) is 29.6. The third kappa shape index (κ3) is 3.70. The Labute approximate surface area is 141 Å². The lowest BCUT2D eigenvalue weighted by atomic mass is 9.96. The number of carbonyl (C=O) groups excluding carboxylic acids is 1. The second-order valence-electron chi connectivity index (χ2n) is 6.61. The van der Waals surface area contributed by atoms with Crippen LogP contribution in [0.2, 0.25) is 0 Å². The number of nitrogens with zero attached hydrogens (tertiary/aromatic N) is 2. The van der Waals surface area contributed by atoms with Gasteiger partial charge < -0.3 is 15.2 Å². The van der Waals surface area contributed by atoms with Crippen molar-refractivity contribution in [3.8, 4) is 0 Å². The molecule has 2 aromatic rings. The zero-order chi connectivity index (χ0) is 16.9. The smallest absolute Gasteiger partial charge is 0.334 e. The molecule has 0 saturated carbocycles. The van der Waals surface area contributed by atoms with E-state index in [1.54, 1.807) is 12.1 Å². The number of para-hydroxylation sites is 2. The Kier molecular flexibility index (Phi) is 5.35. The minimum absolute atomic E-state index is 0.342. The molecule has 1 aliphatic heterocycles. The average molecular weight is 330 g/mol. The second-order valence-corrected chi connectivity index (χ2v) is 6.61. The summed E-state index contributed by atoms with van der Waals surface area (Å²) in [6.07, 6.45) is 4.69. The van der Waals surface area contributed by atoms with Crippen LogP contribution in [0.15, 0.2) is 29.1 Å². The molecule has 1 fully saturated rings. The van der Waals surface area contributed by atoms with Gasteiger partial charge in [-0.05, 0) is 56.9 Å². The van der Waals surface area contributed by atoms with E-state index in [9.17, 15) is 9.59 Å². The van der Waals surface area contributed by atoms with Gasteiger partial charge in [0.2, 0.25) is 0 Å². The number of hydrogen-bond acceptors (Lipinski definition) is 3. The lowest BCUT2D eigenvalue weighted by Crippen LogP contribution is -2.41. The van der Waals surface area contributed by atoms with E-state index >= 15 is 0 Å². The number of H-pyrrole nitrogens is 1. The van der Waals surface area contributed by atoms with Crippen LogP contribution in [0.4, 0.5) is 4.79 Å². The van der Waals surface area contributed by atoms with Gasteiger partial charge in [0, 0.05) is 6.54 Å². The number of hydrogen-bond donors (Lipinski definition) is 2. The number of carbonyl (C=O) groups is 1. The molecule has 3 rings (SSSR count). The van der Waals surface area contributed by atoms with Crippen molar-refractivity contribution in [1.82, 2.24) is 19.8 Å². The zero-order valence-electron chi connectivity index (χ0n) is 14.3. The first-order valence-corrected chi connectivity index (χ1v) is 8.89. The van der Waals surface area contributed by atoms with Crippen LogP contribution in [0, 0.1) is 5.92 Å². The monoisotopic (exact) mass is 330 g/mol. The van der Waals surface area contributed by atoms with E-state index in [2.05, 4.69) is 22.1 Å². The molecule has 130 valence electrons. The van der Waals surface area contributed by atoms with Crippen molar-refractivity contribution < 1.29 is 4.79 Å². The Balaban J connectivity index is 1.55. The van der Waals surface area contributed by atoms with Crippen molar-refractivity contribution in [2.24, 2.45) is 5.92 Å². The highest BCUT2D eigenvalue weighted by molar-refractivity contribution is 5.88. The van der Waals surface area contributed by atoms with Crippen molar-refractivity contribution in [2.75, 3.05) is 26.2 Å². The number of benzene rings is 1. The number of amides is 1. The maximum absolute atomic E-state index is 12.4. The Bertz CT molecular complexity index is 741. The topological polar surface area (TPSA) is 70.1 Å². The minimum Gasteiger partial charge on any atom is -0.337 e. The van der Waals surface area contributed by atoms with E-state index in [4.69, 9.17) is 0 Å². The van der Waals surface area contributed by atoms with Gasteiger partial charge in [-0.15, -0.1) is 0 Å². The van der Waals surface area contributed by atoms with Crippen LogP contribution >= 0.6 is 0 Å². The van der Waals surface area contributed by atoms with Crippen LogP contribution in [-0.2, 0) is 0 Å². The molecule has 0 radical (unpaired) electrons. The molecule has 2 heterocycles. The molecule has 2 N–H and O–H groups in total. The largest absolute Gasteiger partial charge is 0.337 e. The number of aromatic nitrogens is 2. The standard InChI is InChI=1S/C18H26N4O2/c1-2-3-10-21-11-8-14(9-12-21)13-19-17(23)22-16-7-5-4-6-15(16)20-18(22)24/h4-7,14H,2-3,8-13H2,1H3,(H,19,23)(H,20,24). The highest BCUT2D eigenvalue weighted by Gasteiger charge is 2.20. The van der Waals surface area contributed by atoms with Gasteiger partial charge in [-0.25, -0.2) is 14.2 Å². The molecular formula is C18H26N4O2. The average Bonchev–Trinajstić information content (AvgIpc) is 2.94. The molecule has 0 unspecified atom stereocenters. The molecule has 24 heavy (non-hydrogen) atoms. The first kappa shape index (κ1) is 16.8. The molecule has 1 amide bonds. The normalized spacial score (nSPS) is 16.5. The molecular weight excluding hydrogens is 304 g/mol. The number of rotatable bonds is 5. The van der Waals surface area contributed by atoms with Crippen LogP contribution in [0.3, 0.4) is 0 Å². The molecule has 0 spiro atoms. The van der Waals surface area contributed by atoms with Crippen molar-refractivity contribution in [3.05, 3.63) is 34.7 Å². The van der Waals surface area contributed by atoms with E-state index in [0.29, 0.717) is 23.5 Å². The summed E-state index contributed by atoms with van der Waals surface area (Å²) >= 11 is 0. The molecule has 6 nitrogen and oxygen atoms in total. The molecule has 1 saturated heterocycles. The van der Waals surface area contributed by atoms with Crippen molar-refractivity contribution in [3.63, 3.8) is 0 Å². The van der Waals surface area contributed by atoms with Gasteiger partial charge >= 0.3 is 11.7 Å². The zero-order valence-corrected chi connectivity index (χ0v) is 14.3. The maximum Gasteiger partial charge on any atom is 0.334 e. The Morgan fingerprint density at radius 2 is 2.04 bits per heavy atom. The highest BCUT2D eigenvalue weighted by Crippen LogP contribution is 2.17. The summed E-state index contributed by atoms with van der Waals surface area (Å²) in [6.45, 7) is 6.24. The fraction of sp³-hybridized carbons (Fsp3) is 0.556. The van der Waals surface area contributed by atoms with E-state index < -0.39 is 0 Å². The lowest BCUT2D eigenvalue weighted by molar-refractivity contribution is 0.179. The van der Waals surface area contributed by atoms with Crippen LogP contribution < -0.4 is 11.0 Å². The summed E-state index contributed by atoms with van der Waals surface area (Å²) in [6, 6.07) is 6.90. The molecule has 0 aliphatic carbocycles. The number of fused-ring (bicyclic) bond motifs is 1. The van der Waals surface area contributed by atoms with Gasteiger partial charge in [-0.1, -0.05) is 25.5 Å². The van der Waals surface area contributed by atoms with Crippen LogP contribution in [0.25, 0.3) is 11.0 Å². The maximum atomic E-state index is 12.4. The predicted molar refractivity (Wildman–Crippen MR) is 95.4 cm³/mol. The van der Waals surface area contributed by atoms with Crippen molar-refractivity contribution in [2.45, 2.75) is 32.6 Å². The SMILES string of the molecule is CCCCN1CCC(CNC(=O)n2c(=O)[nH]c3ccccc32)CC1. The van der Waals surface area contributed by atoms with Gasteiger partial charge in [0.15, 0.2) is 0 Å². The quantitative estimate of drug-likeness (QED) is 0.884. The summed E-state index contributed by atoms with van der Waals surface area (Å²) < 4.78 is 1.19. The molecule has 0 bridgehead atoms. The van der Waals surface area contributed by atoms with Crippen LogP contribution in [0.1, 0.15) is 32.6 Å². The molecule has 1 aromatic heterocycles. The lowest BCUT2D eigenvalue weighted by Gasteiger charge is -2.31. The molecule has 0 atom stereocenters. The van der Waals surface area contributed by atoms with Gasteiger partial charge in [0.25, 0.3) is 0 Å². The highest BCUT2D eigenvalue weighted by atomic mass is 16.2. The number of imidazole rings is 1. The van der Waals surface area contributed by atoms with Gasteiger partial charge in [0.1, 0.15) is 0 Å². The Morgan fingerprint density at radius 3 is 2.79 bits per heavy atom. The van der Waals surface area contributed by atoms with E-state index in [1.165, 1.54) is 24.0 Å². The van der Waals surface area contributed by atoms with Gasteiger partial charge in [0.05, 0.1) is 11.0 Å². The van der Waals surface area contributed by atoms with Crippen LogP contribution in [0.5, 0.6) is 0 Å². The molecule has 1 aromatic carbocycles. The third-order valence-electron chi connectivity index (χ3n) is 4.87. The first-order valence-electron chi connectivity index (χ1n) is 8.89. The number of piperidine rings is 1. The van der Waals surface area contributed by atoms with Gasteiger partial charge in [-0.2, -0.15) is 0 Å². The number of likely N-dealkylation sites (tertiary alicyclic amines) is 1. The van der Waals surface area contributed by atoms with Crippen molar-refractivity contribution in [1.29, 1.82) is 0 Å². The summed E-state index contributed by atoms with van der Waals surface area (Å²) in [7, 11) is 0. The third-order valence-corrected chi connectivity index (χ3v) is 4.87. The van der Waals surface area contributed by atoms with Gasteiger partial charge in [-0.3, -0.25) is 0 Å². The Hall–Kier alpha value is -2.08. The van der Waals surface area contributed by atoms with Crippen LogP contribution in [-0.4, -0.2) is 46.7 Å². The first-order chi connectivity index (χ1) is 11.7. The Morgan fingerprint density at radius 1 is 1.29 bits per heavy atom. The fourth-order valence-corrected chi connectivity index (χ4v) is 3.36. The number of unbranched alkanes of at least 4 members (excludes halogenated alkanes) is 1.